The summed E-state index contributed by atoms with van der Waals surface area (Å²) < 4.78 is 5.10. The Kier molecular flexibility index (Phi) is 4.84. The van der Waals surface area contributed by atoms with E-state index >= 15 is 0 Å². The van der Waals surface area contributed by atoms with Crippen molar-refractivity contribution in [1.29, 1.82) is 0 Å². The van der Waals surface area contributed by atoms with Gasteiger partial charge in [0, 0.05) is 19.2 Å². The first-order valence-corrected chi connectivity index (χ1v) is 6.52. The average molecular weight is 287 g/mol. The van der Waals surface area contributed by atoms with Crippen molar-refractivity contribution in [1.82, 2.24) is 4.98 Å². The molecule has 0 radical (unpaired) electrons. The van der Waals surface area contributed by atoms with Gasteiger partial charge in [-0.15, -0.1) is 0 Å². The van der Waals surface area contributed by atoms with Crippen LogP contribution in [0.5, 0.6) is 0 Å². The Morgan fingerprint density at radius 1 is 1.33 bits per heavy atom. The molecular formula is C15H17N3O3. The topological polar surface area (TPSA) is 77.3 Å². The molecule has 0 saturated carbocycles. The van der Waals surface area contributed by atoms with Gasteiger partial charge >= 0.3 is 0 Å². The van der Waals surface area contributed by atoms with Crippen molar-refractivity contribution >= 4 is 11.5 Å². The Morgan fingerprint density at radius 3 is 2.76 bits per heavy atom. The second kappa shape index (κ2) is 6.81. The largest absolute Gasteiger partial charge is 0.380 e. The van der Waals surface area contributed by atoms with Crippen LogP contribution in [-0.2, 0) is 17.9 Å². The van der Waals surface area contributed by atoms with E-state index in [-0.39, 0.29) is 5.69 Å². The monoisotopic (exact) mass is 287 g/mol. The highest BCUT2D eigenvalue weighted by Crippen LogP contribution is 2.19. The molecule has 2 rings (SSSR count). The number of methoxy groups -OCH3 is 1. The molecule has 0 aliphatic rings. The number of hydrogen-bond donors (Lipinski definition) is 1. The van der Waals surface area contributed by atoms with Crippen molar-refractivity contribution in [3.05, 3.63) is 63.3 Å². The summed E-state index contributed by atoms with van der Waals surface area (Å²) in [6.45, 7) is 2.87. The lowest BCUT2D eigenvalue weighted by Gasteiger charge is -2.08. The summed E-state index contributed by atoms with van der Waals surface area (Å²) in [5.41, 5.74) is 2.82. The van der Waals surface area contributed by atoms with Crippen LogP contribution in [0.3, 0.4) is 0 Å². The van der Waals surface area contributed by atoms with E-state index in [1.165, 1.54) is 6.20 Å². The quantitative estimate of drug-likeness (QED) is 0.652. The first-order valence-electron chi connectivity index (χ1n) is 6.52. The second-order valence-corrected chi connectivity index (χ2v) is 4.72. The Bertz CT molecular complexity index is 644. The number of nitrogens with one attached hydrogen (secondary N) is 1. The van der Waals surface area contributed by atoms with E-state index < -0.39 is 4.92 Å². The van der Waals surface area contributed by atoms with E-state index in [1.54, 1.807) is 20.1 Å². The smallest absolute Gasteiger partial charge is 0.290 e. The van der Waals surface area contributed by atoms with Crippen molar-refractivity contribution in [2.45, 2.75) is 20.1 Å². The van der Waals surface area contributed by atoms with Crippen LogP contribution in [0.2, 0.25) is 0 Å². The van der Waals surface area contributed by atoms with Gasteiger partial charge in [0.15, 0.2) is 0 Å². The minimum Gasteiger partial charge on any atom is -0.380 e. The molecule has 0 aliphatic heterocycles. The molecule has 0 atom stereocenters. The predicted octanol–water partition coefficient (Wildman–Crippen LogP) is 3.06. The third-order valence-electron chi connectivity index (χ3n) is 3.06. The normalized spacial score (nSPS) is 10.4. The molecule has 1 aromatic carbocycles. The number of ether oxygens (including phenoxy) is 1. The molecule has 6 nitrogen and oxygen atoms in total. The van der Waals surface area contributed by atoms with E-state index in [1.807, 2.05) is 18.2 Å². The van der Waals surface area contributed by atoms with E-state index in [0.717, 1.165) is 11.1 Å². The van der Waals surface area contributed by atoms with Crippen molar-refractivity contribution in [3.63, 3.8) is 0 Å². The molecule has 0 saturated heterocycles. The molecule has 1 heterocycles. The second-order valence-electron chi connectivity index (χ2n) is 4.72. The molecule has 0 unspecified atom stereocenters. The zero-order valence-corrected chi connectivity index (χ0v) is 12.0. The highest BCUT2D eigenvalue weighted by atomic mass is 16.6. The van der Waals surface area contributed by atoms with Crippen LogP contribution in [0.15, 0.2) is 36.5 Å². The van der Waals surface area contributed by atoms with Gasteiger partial charge in [-0.3, -0.25) is 10.1 Å². The van der Waals surface area contributed by atoms with Gasteiger partial charge in [0.2, 0.25) is 0 Å². The van der Waals surface area contributed by atoms with Crippen molar-refractivity contribution < 1.29 is 9.66 Å². The fourth-order valence-electron chi connectivity index (χ4n) is 2.03. The Hall–Kier alpha value is -2.47. The molecular weight excluding hydrogens is 270 g/mol. The maximum Gasteiger partial charge on any atom is 0.290 e. The number of nitrogens with zero attached hydrogens (tertiary/aromatic N) is 2. The van der Waals surface area contributed by atoms with Crippen molar-refractivity contribution in [2.24, 2.45) is 0 Å². The first kappa shape index (κ1) is 14.9. The number of aryl methyl sites for hydroxylation is 1. The Morgan fingerprint density at radius 2 is 2.10 bits per heavy atom. The standard InChI is InChI=1S/C15H17N3O3/c1-11-6-15(17-9-14(11)18(19)20)16-8-12-4-3-5-13(7-12)10-21-2/h3-7,9H,8,10H2,1-2H3,(H,16,17). The van der Waals surface area contributed by atoms with Crippen LogP contribution < -0.4 is 5.32 Å². The first-order chi connectivity index (χ1) is 10.1. The maximum atomic E-state index is 10.7. The number of aromatic nitrogens is 1. The maximum absolute atomic E-state index is 10.7. The molecule has 2 aromatic rings. The van der Waals surface area contributed by atoms with E-state index in [4.69, 9.17) is 4.74 Å². The molecule has 0 amide bonds. The van der Waals surface area contributed by atoms with Crippen LogP contribution in [-0.4, -0.2) is 17.0 Å². The van der Waals surface area contributed by atoms with Gasteiger partial charge in [-0.05, 0) is 24.1 Å². The lowest BCUT2D eigenvalue weighted by molar-refractivity contribution is -0.385. The van der Waals surface area contributed by atoms with E-state index in [2.05, 4.69) is 16.4 Å². The van der Waals surface area contributed by atoms with Gasteiger partial charge in [0.05, 0.1) is 11.5 Å². The van der Waals surface area contributed by atoms with Crippen molar-refractivity contribution in [3.8, 4) is 0 Å². The number of rotatable bonds is 6. The zero-order valence-electron chi connectivity index (χ0n) is 12.0. The molecule has 0 fully saturated rings. The lowest BCUT2D eigenvalue weighted by Crippen LogP contribution is -2.03. The summed E-state index contributed by atoms with van der Waals surface area (Å²) >= 11 is 0. The van der Waals surface area contributed by atoms with Gasteiger partial charge in [-0.25, -0.2) is 4.98 Å². The molecule has 21 heavy (non-hydrogen) atoms. The summed E-state index contributed by atoms with van der Waals surface area (Å²) in [4.78, 5) is 14.4. The van der Waals surface area contributed by atoms with Gasteiger partial charge in [0.25, 0.3) is 5.69 Å². The lowest BCUT2D eigenvalue weighted by atomic mass is 10.1. The average Bonchev–Trinajstić information content (AvgIpc) is 2.45. The van der Waals surface area contributed by atoms with Gasteiger partial charge < -0.3 is 10.1 Å². The number of benzene rings is 1. The molecule has 0 bridgehead atoms. The van der Waals surface area contributed by atoms with Crippen LogP contribution in [0, 0.1) is 17.0 Å². The van der Waals surface area contributed by atoms with Crippen molar-refractivity contribution in [2.75, 3.05) is 12.4 Å². The number of nitro groups is 1. The number of pyridine rings is 1. The predicted molar refractivity (Wildman–Crippen MR) is 80.1 cm³/mol. The van der Waals surface area contributed by atoms with Crippen LogP contribution >= 0.6 is 0 Å². The zero-order chi connectivity index (χ0) is 15.2. The van der Waals surface area contributed by atoms with E-state index in [0.29, 0.717) is 24.5 Å². The molecule has 0 spiro atoms. The highest BCUT2D eigenvalue weighted by molar-refractivity contribution is 5.47. The Balaban J connectivity index is 2.04. The third-order valence-corrected chi connectivity index (χ3v) is 3.06. The molecule has 1 N–H and O–H groups in total. The fourth-order valence-corrected chi connectivity index (χ4v) is 2.03. The Labute approximate surface area is 122 Å². The third kappa shape index (κ3) is 4.00. The molecule has 0 aliphatic carbocycles. The summed E-state index contributed by atoms with van der Waals surface area (Å²) in [6, 6.07) is 9.71. The van der Waals surface area contributed by atoms with Gasteiger partial charge in [-0.1, -0.05) is 24.3 Å². The molecule has 1 aromatic heterocycles. The van der Waals surface area contributed by atoms with E-state index in [9.17, 15) is 10.1 Å². The minimum absolute atomic E-state index is 0.0302. The SMILES string of the molecule is COCc1cccc(CNc2cc(C)c([N+](=O)[O-])cn2)c1. The summed E-state index contributed by atoms with van der Waals surface area (Å²) in [5, 5.41) is 13.9. The minimum atomic E-state index is -0.430. The molecule has 6 heteroatoms. The van der Waals surface area contributed by atoms with Crippen LogP contribution in [0.1, 0.15) is 16.7 Å². The van der Waals surface area contributed by atoms with Gasteiger partial charge in [-0.2, -0.15) is 0 Å². The summed E-state index contributed by atoms with van der Waals surface area (Å²) in [5.74, 6) is 0.621. The number of hydrogen-bond acceptors (Lipinski definition) is 5. The summed E-state index contributed by atoms with van der Waals surface area (Å²) in [6.07, 6.45) is 1.28. The highest BCUT2D eigenvalue weighted by Gasteiger charge is 2.11. The van der Waals surface area contributed by atoms with Gasteiger partial charge in [0.1, 0.15) is 12.0 Å². The fraction of sp³-hybridized carbons (Fsp3) is 0.267. The summed E-state index contributed by atoms with van der Waals surface area (Å²) in [7, 11) is 1.66. The van der Waals surface area contributed by atoms with Crippen LogP contribution in [0.25, 0.3) is 0 Å². The number of anilines is 1. The van der Waals surface area contributed by atoms with Crippen LogP contribution in [0.4, 0.5) is 11.5 Å². The molecule has 110 valence electrons.